The number of benzene rings is 1. The number of halogens is 3. The van der Waals surface area contributed by atoms with E-state index in [1.807, 2.05) is 13.1 Å². The Balaban J connectivity index is 1.53. The largest absolute Gasteiger partial charge is 0.491 e. The maximum atomic E-state index is 12.5. The van der Waals surface area contributed by atoms with Gasteiger partial charge in [-0.3, -0.25) is 0 Å². The Bertz CT molecular complexity index is 844. The van der Waals surface area contributed by atoms with Gasteiger partial charge in [-0.25, -0.2) is 9.50 Å². The topological polar surface area (TPSA) is 62.9 Å². The Morgan fingerprint density at radius 1 is 1.31 bits per heavy atom. The van der Waals surface area contributed by atoms with Crippen LogP contribution in [0.3, 0.4) is 0 Å². The average Bonchev–Trinajstić information content (AvgIpc) is 3.10. The fourth-order valence-corrected chi connectivity index (χ4v) is 3.23. The Morgan fingerprint density at radius 2 is 2.00 bits per heavy atom. The summed E-state index contributed by atoms with van der Waals surface area (Å²) in [6.07, 6.45) is -3.40. The number of likely N-dealkylation sites (N-methyl/N-ethyl adjacent to an activating group) is 1. The van der Waals surface area contributed by atoms with Gasteiger partial charge in [-0.2, -0.15) is 13.2 Å². The number of aryl methyl sites for hydroxylation is 1. The van der Waals surface area contributed by atoms with E-state index in [1.54, 1.807) is 16.5 Å². The third-order valence-corrected chi connectivity index (χ3v) is 4.62. The minimum Gasteiger partial charge on any atom is -0.491 e. The first kappa shape index (κ1) is 18.5. The molecule has 2 aromatic heterocycles. The van der Waals surface area contributed by atoms with Gasteiger partial charge in [0.05, 0.1) is 17.5 Å². The maximum absolute atomic E-state index is 12.5. The van der Waals surface area contributed by atoms with Crippen molar-refractivity contribution in [3.63, 3.8) is 0 Å². The van der Waals surface area contributed by atoms with Crippen molar-refractivity contribution in [1.29, 1.82) is 0 Å². The van der Waals surface area contributed by atoms with Gasteiger partial charge < -0.3 is 14.7 Å². The number of aromatic nitrogens is 3. The summed E-state index contributed by atoms with van der Waals surface area (Å²) in [5.74, 6) is 0.267. The molecule has 0 aliphatic rings. The van der Waals surface area contributed by atoms with Crippen LogP contribution in [0, 0.1) is 6.92 Å². The van der Waals surface area contributed by atoms with Crippen LogP contribution in [0.15, 0.2) is 30.5 Å². The van der Waals surface area contributed by atoms with E-state index in [9.17, 15) is 18.3 Å². The maximum Gasteiger partial charge on any atom is 0.416 e. The SMILES string of the molecule is Cc1cn2nc(N(C)C[C@@H](O)COc3ccc(C(F)(F)F)cc3)sc2n1. The van der Waals surface area contributed by atoms with Crippen molar-refractivity contribution in [3.8, 4) is 5.75 Å². The lowest BCUT2D eigenvalue weighted by Gasteiger charge is -2.20. The monoisotopic (exact) mass is 386 g/mol. The first-order valence-corrected chi connectivity index (χ1v) is 8.56. The second kappa shape index (κ2) is 7.12. The Hall–Kier alpha value is -2.33. The number of anilines is 1. The number of fused-ring (bicyclic) bond motifs is 1. The van der Waals surface area contributed by atoms with Crippen molar-refractivity contribution in [2.24, 2.45) is 0 Å². The lowest BCUT2D eigenvalue weighted by Crippen LogP contribution is -2.33. The molecule has 1 N–H and O–H groups in total. The fourth-order valence-electron chi connectivity index (χ4n) is 2.33. The zero-order chi connectivity index (χ0) is 18.9. The van der Waals surface area contributed by atoms with Crippen LogP contribution >= 0.6 is 11.3 Å². The van der Waals surface area contributed by atoms with E-state index >= 15 is 0 Å². The van der Waals surface area contributed by atoms with Crippen LogP contribution in [0.25, 0.3) is 4.96 Å². The molecule has 3 rings (SSSR count). The number of aliphatic hydroxyl groups excluding tert-OH is 1. The number of nitrogens with zero attached hydrogens (tertiary/aromatic N) is 4. The summed E-state index contributed by atoms with van der Waals surface area (Å²) >= 11 is 1.39. The molecular formula is C16H17F3N4O2S. The molecule has 1 aromatic carbocycles. The van der Waals surface area contributed by atoms with E-state index in [-0.39, 0.29) is 18.9 Å². The number of hydrogen-bond donors (Lipinski definition) is 1. The van der Waals surface area contributed by atoms with Crippen molar-refractivity contribution in [1.82, 2.24) is 14.6 Å². The number of hydrogen-bond acceptors (Lipinski definition) is 6. The zero-order valence-electron chi connectivity index (χ0n) is 14.1. The standard InChI is InChI=1S/C16H17F3N4O2S/c1-10-7-23-14(20-10)26-15(21-23)22(2)8-12(24)9-25-13-5-3-11(4-6-13)16(17,18)19/h3-7,12,24H,8-9H2,1-2H3/t12-/m1/s1. The Morgan fingerprint density at radius 3 is 2.62 bits per heavy atom. The lowest BCUT2D eigenvalue weighted by atomic mass is 10.2. The van der Waals surface area contributed by atoms with Gasteiger partial charge >= 0.3 is 6.18 Å². The first-order valence-electron chi connectivity index (χ1n) is 7.74. The third kappa shape index (κ3) is 4.25. The van der Waals surface area contributed by atoms with Crippen LogP contribution in [-0.4, -0.2) is 46.0 Å². The van der Waals surface area contributed by atoms with E-state index in [0.717, 1.165) is 22.8 Å². The minimum atomic E-state index is -4.38. The van der Waals surface area contributed by atoms with Crippen LogP contribution < -0.4 is 9.64 Å². The molecule has 140 valence electrons. The van der Waals surface area contributed by atoms with Gasteiger partial charge in [0.1, 0.15) is 18.5 Å². The van der Waals surface area contributed by atoms with Crippen LogP contribution in [0.5, 0.6) is 5.75 Å². The van der Waals surface area contributed by atoms with Gasteiger partial charge in [0.25, 0.3) is 0 Å². The van der Waals surface area contributed by atoms with Crippen molar-refractivity contribution in [2.45, 2.75) is 19.2 Å². The van der Waals surface area contributed by atoms with E-state index in [2.05, 4.69) is 10.1 Å². The number of rotatable bonds is 6. The second-order valence-electron chi connectivity index (χ2n) is 5.86. The molecule has 0 radical (unpaired) electrons. The summed E-state index contributed by atoms with van der Waals surface area (Å²) in [7, 11) is 1.78. The van der Waals surface area contributed by atoms with Crippen molar-refractivity contribution in [3.05, 3.63) is 41.7 Å². The summed E-state index contributed by atoms with van der Waals surface area (Å²) < 4.78 is 44.6. The third-order valence-electron chi connectivity index (χ3n) is 3.59. The molecule has 0 fully saturated rings. The molecule has 26 heavy (non-hydrogen) atoms. The summed E-state index contributed by atoms with van der Waals surface area (Å²) in [6.45, 7) is 2.10. The van der Waals surface area contributed by atoms with Crippen molar-refractivity contribution in [2.75, 3.05) is 25.1 Å². The highest BCUT2D eigenvalue weighted by molar-refractivity contribution is 7.20. The van der Waals surface area contributed by atoms with E-state index in [4.69, 9.17) is 4.74 Å². The molecule has 0 saturated carbocycles. The smallest absolute Gasteiger partial charge is 0.416 e. The molecule has 0 unspecified atom stereocenters. The number of ether oxygens (including phenoxy) is 1. The quantitative estimate of drug-likeness (QED) is 0.706. The van der Waals surface area contributed by atoms with Gasteiger partial charge in [0, 0.05) is 13.6 Å². The van der Waals surface area contributed by atoms with Crippen molar-refractivity contribution >= 4 is 21.4 Å². The summed E-state index contributed by atoms with van der Waals surface area (Å²) in [6, 6.07) is 4.36. The summed E-state index contributed by atoms with van der Waals surface area (Å²) in [5.41, 5.74) is 0.136. The number of imidazole rings is 1. The highest BCUT2D eigenvalue weighted by atomic mass is 32.1. The summed E-state index contributed by atoms with van der Waals surface area (Å²) in [5, 5.41) is 15.2. The fraction of sp³-hybridized carbons (Fsp3) is 0.375. The second-order valence-corrected chi connectivity index (χ2v) is 6.80. The molecule has 2 heterocycles. The Labute approximate surface area is 151 Å². The predicted molar refractivity (Wildman–Crippen MR) is 91.8 cm³/mol. The van der Waals surface area contributed by atoms with Crippen molar-refractivity contribution < 1.29 is 23.0 Å². The molecule has 0 saturated heterocycles. The molecule has 10 heteroatoms. The normalized spacial score (nSPS) is 13.2. The molecule has 0 amide bonds. The molecule has 6 nitrogen and oxygen atoms in total. The van der Waals surface area contributed by atoms with E-state index < -0.39 is 17.8 Å². The molecule has 0 aliphatic carbocycles. The van der Waals surface area contributed by atoms with Gasteiger partial charge in [0.2, 0.25) is 10.1 Å². The van der Waals surface area contributed by atoms with Crippen LogP contribution in [0.4, 0.5) is 18.3 Å². The molecule has 1 atom stereocenters. The zero-order valence-corrected chi connectivity index (χ0v) is 14.9. The van der Waals surface area contributed by atoms with Gasteiger partial charge in [-0.1, -0.05) is 11.3 Å². The molecule has 0 aliphatic heterocycles. The van der Waals surface area contributed by atoms with Gasteiger partial charge in [0.15, 0.2) is 0 Å². The van der Waals surface area contributed by atoms with E-state index in [1.165, 1.54) is 23.5 Å². The lowest BCUT2D eigenvalue weighted by molar-refractivity contribution is -0.137. The summed E-state index contributed by atoms with van der Waals surface area (Å²) in [4.78, 5) is 6.86. The number of aliphatic hydroxyl groups is 1. The molecule has 3 aromatic rings. The first-order chi connectivity index (χ1) is 12.2. The number of alkyl halides is 3. The predicted octanol–water partition coefficient (Wildman–Crippen LogP) is 2.99. The highest BCUT2D eigenvalue weighted by Crippen LogP contribution is 2.30. The van der Waals surface area contributed by atoms with Crippen LogP contribution in [0.2, 0.25) is 0 Å². The minimum absolute atomic E-state index is 0.0443. The highest BCUT2D eigenvalue weighted by Gasteiger charge is 2.30. The molecular weight excluding hydrogens is 369 g/mol. The van der Waals surface area contributed by atoms with Crippen LogP contribution in [0.1, 0.15) is 11.3 Å². The van der Waals surface area contributed by atoms with E-state index in [0.29, 0.717) is 5.13 Å². The average molecular weight is 386 g/mol. The van der Waals surface area contributed by atoms with Gasteiger partial charge in [-0.05, 0) is 31.2 Å². The van der Waals surface area contributed by atoms with Gasteiger partial charge in [-0.15, -0.1) is 5.10 Å². The van der Waals surface area contributed by atoms with Crippen LogP contribution in [-0.2, 0) is 6.18 Å². The molecule has 0 bridgehead atoms. The Kier molecular flexibility index (Phi) is 5.05. The molecule has 0 spiro atoms.